The maximum absolute atomic E-state index is 13.6. The lowest BCUT2D eigenvalue weighted by Gasteiger charge is -2.11. The molecule has 0 radical (unpaired) electrons. The highest BCUT2D eigenvalue weighted by Crippen LogP contribution is 2.32. The minimum atomic E-state index is -1.22. The second-order valence-electron chi connectivity index (χ2n) is 3.52. The van der Waals surface area contributed by atoms with Crippen LogP contribution in [0.5, 0.6) is 0 Å². The second kappa shape index (κ2) is 4.34. The van der Waals surface area contributed by atoms with Crippen molar-refractivity contribution in [1.82, 2.24) is 5.32 Å². The van der Waals surface area contributed by atoms with Crippen LogP contribution in [0.1, 0.15) is 11.5 Å². The van der Waals surface area contributed by atoms with Crippen LogP contribution in [0.15, 0.2) is 16.6 Å². The Labute approximate surface area is 108 Å². The van der Waals surface area contributed by atoms with Crippen molar-refractivity contribution in [3.63, 3.8) is 0 Å². The molecular weight excluding hydrogens is 319 g/mol. The molecule has 1 aliphatic heterocycles. The molecule has 2 amide bonds. The summed E-state index contributed by atoms with van der Waals surface area (Å²) < 4.78 is 26.8. The Morgan fingerprint density at radius 3 is 2.35 bits per heavy atom. The van der Waals surface area contributed by atoms with Gasteiger partial charge in [0.15, 0.2) is 0 Å². The quantitative estimate of drug-likeness (QED) is 0.488. The molecule has 2 rings (SSSR count). The Kier molecular flexibility index (Phi) is 3.18. The summed E-state index contributed by atoms with van der Waals surface area (Å²) in [7, 11) is 0. The predicted molar refractivity (Wildman–Crippen MR) is 59.6 cm³/mol. The lowest BCUT2D eigenvalue weighted by Crippen LogP contribution is -2.22. The zero-order chi connectivity index (χ0) is 12.7. The molecule has 2 atom stereocenters. The Balaban J connectivity index is 2.51. The van der Waals surface area contributed by atoms with E-state index in [0.717, 1.165) is 12.1 Å². The smallest absolute Gasteiger partial charge is 0.245 e. The molecule has 3 nitrogen and oxygen atoms in total. The molecule has 1 heterocycles. The predicted octanol–water partition coefficient (Wildman–Crippen LogP) is 2.07. The van der Waals surface area contributed by atoms with Gasteiger partial charge in [-0.3, -0.25) is 14.9 Å². The highest BCUT2D eigenvalue weighted by molar-refractivity contribution is 9.10. The Hall–Kier alpha value is -1.01. The van der Waals surface area contributed by atoms with E-state index in [4.69, 9.17) is 11.6 Å². The van der Waals surface area contributed by atoms with Crippen LogP contribution in [0.4, 0.5) is 8.78 Å². The fourth-order valence-corrected chi connectivity index (χ4v) is 2.25. The number of alkyl halides is 1. The molecule has 7 heteroatoms. The molecule has 0 saturated carbocycles. The van der Waals surface area contributed by atoms with Crippen LogP contribution in [0.2, 0.25) is 0 Å². The van der Waals surface area contributed by atoms with E-state index in [1.54, 1.807) is 0 Å². The molecule has 1 saturated heterocycles. The van der Waals surface area contributed by atoms with E-state index in [2.05, 4.69) is 15.9 Å². The Morgan fingerprint density at radius 1 is 1.18 bits per heavy atom. The molecule has 90 valence electrons. The molecule has 0 spiro atoms. The fourth-order valence-electron chi connectivity index (χ4n) is 1.63. The SMILES string of the molecule is O=C1NC(=O)C(c2cc(F)c(Br)cc2F)C1Cl. The molecule has 1 N–H and O–H groups in total. The number of hydrogen-bond donors (Lipinski definition) is 1. The van der Waals surface area contributed by atoms with Gasteiger partial charge >= 0.3 is 0 Å². The standard InChI is InChI=1S/C10H5BrClF2NO2/c11-4-2-5(13)3(1-6(4)14)7-8(12)10(17)15-9(7)16/h1-2,7-8H,(H,15,16,17). The van der Waals surface area contributed by atoms with Crippen molar-refractivity contribution in [2.75, 3.05) is 0 Å². The van der Waals surface area contributed by atoms with Crippen LogP contribution in [0.25, 0.3) is 0 Å². The number of imide groups is 1. The molecular formula is C10H5BrClF2NO2. The lowest BCUT2D eigenvalue weighted by molar-refractivity contribution is -0.125. The van der Waals surface area contributed by atoms with Crippen molar-refractivity contribution in [2.45, 2.75) is 11.3 Å². The molecule has 0 aromatic heterocycles. The van der Waals surface area contributed by atoms with Crippen molar-refractivity contribution >= 4 is 39.3 Å². The summed E-state index contributed by atoms with van der Waals surface area (Å²) in [6, 6.07) is 1.75. The van der Waals surface area contributed by atoms with E-state index in [9.17, 15) is 18.4 Å². The van der Waals surface area contributed by atoms with E-state index in [0.29, 0.717) is 0 Å². The molecule has 0 aliphatic carbocycles. The van der Waals surface area contributed by atoms with Crippen LogP contribution in [0, 0.1) is 11.6 Å². The first-order valence-electron chi connectivity index (χ1n) is 4.55. The van der Waals surface area contributed by atoms with E-state index in [1.165, 1.54) is 0 Å². The van der Waals surface area contributed by atoms with Crippen molar-refractivity contribution in [3.05, 3.63) is 33.8 Å². The highest BCUT2D eigenvalue weighted by atomic mass is 79.9. The van der Waals surface area contributed by atoms with Crippen LogP contribution < -0.4 is 5.32 Å². The summed E-state index contributed by atoms with van der Waals surface area (Å²) in [6.45, 7) is 0. The van der Waals surface area contributed by atoms with Crippen LogP contribution in [-0.2, 0) is 9.59 Å². The van der Waals surface area contributed by atoms with E-state index >= 15 is 0 Å². The minimum absolute atomic E-state index is 0.0606. The first kappa shape index (κ1) is 12.4. The van der Waals surface area contributed by atoms with Gasteiger partial charge in [0.2, 0.25) is 11.8 Å². The van der Waals surface area contributed by atoms with Gasteiger partial charge < -0.3 is 0 Å². The molecule has 1 aromatic carbocycles. The van der Waals surface area contributed by atoms with Crippen LogP contribution in [0.3, 0.4) is 0 Å². The summed E-state index contributed by atoms with van der Waals surface area (Å²) in [4.78, 5) is 22.6. The third-order valence-electron chi connectivity index (χ3n) is 2.45. The van der Waals surface area contributed by atoms with Gasteiger partial charge in [-0.05, 0) is 28.1 Å². The van der Waals surface area contributed by atoms with E-state index in [-0.39, 0.29) is 10.0 Å². The number of benzene rings is 1. The summed E-state index contributed by atoms with van der Waals surface area (Å²) in [5, 5.41) is 0.741. The number of carbonyl (C=O) groups is 2. The summed E-state index contributed by atoms with van der Waals surface area (Å²) in [5.41, 5.74) is -0.228. The van der Waals surface area contributed by atoms with Gasteiger partial charge in [-0.1, -0.05) is 0 Å². The number of halogens is 4. The van der Waals surface area contributed by atoms with Gasteiger partial charge in [0.25, 0.3) is 0 Å². The maximum atomic E-state index is 13.6. The van der Waals surface area contributed by atoms with Crippen LogP contribution >= 0.6 is 27.5 Å². The minimum Gasteiger partial charge on any atom is -0.295 e. The highest BCUT2D eigenvalue weighted by Gasteiger charge is 2.42. The topological polar surface area (TPSA) is 46.2 Å². The molecule has 0 bridgehead atoms. The van der Waals surface area contributed by atoms with Gasteiger partial charge in [-0.2, -0.15) is 0 Å². The zero-order valence-electron chi connectivity index (χ0n) is 8.14. The van der Waals surface area contributed by atoms with Crippen molar-refractivity contribution in [1.29, 1.82) is 0 Å². The normalized spacial score (nSPS) is 24.0. The molecule has 1 fully saturated rings. The molecule has 17 heavy (non-hydrogen) atoms. The maximum Gasteiger partial charge on any atom is 0.245 e. The number of nitrogens with one attached hydrogen (secondary N) is 1. The Bertz CT molecular complexity index is 523. The van der Waals surface area contributed by atoms with E-state index in [1.807, 2.05) is 5.32 Å². The summed E-state index contributed by atoms with van der Waals surface area (Å²) in [6.07, 6.45) is 0. The second-order valence-corrected chi connectivity index (χ2v) is 4.85. The largest absolute Gasteiger partial charge is 0.295 e. The van der Waals surface area contributed by atoms with Gasteiger partial charge in [-0.15, -0.1) is 11.6 Å². The first-order valence-corrected chi connectivity index (χ1v) is 5.78. The van der Waals surface area contributed by atoms with Gasteiger partial charge in [0.1, 0.15) is 17.0 Å². The van der Waals surface area contributed by atoms with Gasteiger partial charge in [0.05, 0.1) is 10.4 Å². The summed E-state index contributed by atoms with van der Waals surface area (Å²) >= 11 is 8.50. The number of amides is 2. The molecule has 2 unspecified atom stereocenters. The number of hydrogen-bond acceptors (Lipinski definition) is 2. The molecule has 1 aromatic rings. The fraction of sp³-hybridized carbons (Fsp3) is 0.200. The van der Waals surface area contributed by atoms with Gasteiger partial charge in [0, 0.05) is 5.56 Å². The van der Waals surface area contributed by atoms with E-state index < -0.39 is 34.7 Å². The van der Waals surface area contributed by atoms with Crippen LogP contribution in [-0.4, -0.2) is 17.2 Å². The zero-order valence-corrected chi connectivity index (χ0v) is 10.5. The average Bonchev–Trinajstić information content (AvgIpc) is 2.48. The first-order chi connectivity index (χ1) is 7.91. The number of rotatable bonds is 1. The van der Waals surface area contributed by atoms with Gasteiger partial charge in [-0.25, -0.2) is 8.78 Å². The van der Waals surface area contributed by atoms with Crippen molar-refractivity contribution in [2.24, 2.45) is 0 Å². The monoisotopic (exact) mass is 323 g/mol. The third-order valence-corrected chi connectivity index (χ3v) is 3.50. The lowest BCUT2D eigenvalue weighted by atomic mass is 9.96. The molecule has 1 aliphatic rings. The van der Waals surface area contributed by atoms with Crippen molar-refractivity contribution in [3.8, 4) is 0 Å². The Morgan fingerprint density at radius 2 is 1.82 bits per heavy atom. The number of carbonyl (C=O) groups excluding carboxylic acids is 2. The third kappa shape index (κ3) is 2.07. The summed E-state index contributed by atoms with van der Waals surface area (Å²) in [5.74, 6) is -4.15. The van der Waals surface area contributed by atoms with Crippen molar-refractivity contribution < 1.29 is 18.4 Å². The average molecular weight is 325 g/mol.